The van der Waals surface area contributed by atoms with Gasteiger partial charge in [0.2, 0.25) is 5.91 Å². The molecule has 0 radical (unpaired) electrons. The van der Waals surface area contributed by atoms with Crippen LogP contribution in [0, 0.1) is 12.7 Å². The second-order valence-electron chi connectivity index (χ2n) is 6.44. The number of halogens is 1. The van der Waals surface area contributed by atoms with Gasteiger partial charge in [-0.3, -0.25) is 4.79 Å². The molecule has 0 saturated heterocycles. The highest BCUT2D eigenvalue weighted by molar-refractivity contribution is 5.76. The van der Waals surface area contributed by atoms with E-state index in [1.54, 1.807) is 17.7 Å². The van der Waals surface area contributed by atoms with Crippen molar-refractivity contribution >= 4 is 5.91 Å². The molecule has 1 saturated carbocycles. The summed E-state index contributed by atoms with van der Waals surface area (Å²) in [7, 11) is 0. The molecule has 7 heteroatoms. The fourth-order valence-corrected chi connectivity index (χ4v) is 3.50. The zero-order valence-corrected chi connectivity index (χ0v) is 13.8. The molecule has 0 spiro atoms. The number of amides is 1. The summed E-state index contributed by atoms with van der Waals surface area (Å²) in [4.78, 5) is 12.2. The Kier molecular flexibility index (Phi) is 4.87. The molecule has 1 aliphatic rings. The van der Waals surface area contributed by atoms with Gasteiger partial charge in [0.25, 0.3) is 0 Å². The maximum Gasteiger partial charge on any atom is 0.221 e. The summed E-state index contributed by atoms with van der Waals surface area (Å²) in [6, 6.07) is 6.91. The smallest absolute Gasteiger partial charge is 0.221 e. The molecule has 6 nitrogen and oxygen atoms in total. The van der Waals surface area contributed by atoms with Crippen LogP contribution in [-0.2, 0) is 16.8 Å². The minimum absolute atomic E-state index is 0.0625. The monoisotopic (exact) mass is 331 g/mol. The molecular formula is C17H22FN5O. The summed E-state index contributed by atoms with van der Waals surface area (Å²) in [5.74, 6) is 0.437. The Bertz CT molecular complexity index is 709. The van der Waals surface area contributed by atoms with Gasteiger partial charge in [-0.15, -0.1) is 5.10 Å². The number of hydrogen-bond acceptors (Lipinski definition) is 4. The lowest BCUT2D eigenvalue weighted by Crippen LogP contribution is -2.39. The first-order valence-corrected chi connectivity index (χ1v) is 8.35. The molecule has 1 aromatic carbocycles. The summed E-state index contributed by atoms with van der Waals surface area (Å²) in [5, 5.41) is 14.2. The van der Waals surface area contributed by atoms with Gasteiger partial charge in [0, 0.05) is 18.4 Å². The number of benzene rings is 1. The van der Waals surface area contributed by atoms with Gasteiger partial charge in [-0.1, -0.05) is 31.0 Å². The molecule has 2 aromatic rings. The van der Waals surface area contributed by atoms with Crippen LogP contribution in [0.5, 0.6) is 0 Å². The summed E-state index contributed by atoms with van der Waals surface area (Å²) in [5.41, 5.74) is 0.435. The highest BCUT2D eigenvalue weighted by atomic mass is 19.1. The molecule has 1 N–H and O–H groups in total. The number of tetrazole rings is 1. The van der Waals surface area contributed by atoms with Crippen LogP contribution >= 0.6 is 0 Å². The quantitative estimate of drug-likeness (QED) is 0.880. The van der Waals surface area contributed by atoms with Gasteiger partial charge in [-0.05, 0) is 41.8 Å². The second-order valence-corrected chi connectivity index (χ2v) is 6.44. The van der Waals surface area contributed by atoms with Gasteiger partial charge in [-0.2, -0.15) is 0 Å². The number of hydrogen-bond donors (Lipinski definition) is 1. The first kappa shape index (κ1) is 16.5. The first-order chi connectivity index (χ1) is 11.6. The SMILES string of the molecule is Cc1nnnn1CCC(=O)NCC1(c2ccccc2F)CCCC1. The minimum Gasteiger partial charge on any atom is -0.355 e. The van der Waals surface area contributed by atoms with Crippen LogP contribution in [-0.4, -0.2) is 32.7 Å². The topological polar surface area (TPSA) is 72.7 Å². The fraction of sp³-hybridized carbons (Fsp3) is 0.529. The summed E-state index contributed by atoms with van der Waals surface area (Å²) < 4.78 is 15.8. The van der Waals surface area contributed by atoms with E-state index < -0.39 is 0 Å². The van der Waals surface area contributed by atoms with Crippen LogP contribution < -0.4 is 5.32 Å². The lowest BCUT2D eigenvalue weighted by atomic mass is 9.78. The number of carbonyl (C=O) groups is 1. The Balaban J connectivity index is 1.61. The maximum atomic E-state index is 14.3. The second kappa shape index (κ2) is 7.07. The van der Waals surface area contributed by atoms with Crippen LogP contribution in [0.15, 0.2) is 24.3 Å². The van der Waals surface area contributed by atoms with E-state index >= 15 is 0 Å². The Morgan fingerprint density at radius 3 is 2.75 bits per heavy atom. The molecule has 1 aromatic heterocycles. The molecule has 1 amide bonds. The average Bonchev–Trinajstić information content (AvgIpc) is 3.21. The van der Waals surface area contributed by atoms with Gasteiger partial charge < -0.3 is 5.32 Å². The van der Waals surface area contributed by atoms with Crippen molar-refractivity contribution in [3.8, 4) is 0 Å². The molecule has 1 heterocycles. The van der Waals surface area contributed by atoms with Gasteiger partial charge in [0.15, 0.2) is 0 Å². The highest BCUT2D eigenvalue weighted by Crippen LogP contribution is 2.41. The zero-order chi connectivity index (χ0) is 17.0. The Hall–Kier alpha value is -2.31. The summed E-state index contributed by atoms with van der Waals surface area (Å²) in [6.07, 6.45) is 4.24. The van der Waals surface area contributed by atoms with Crippen molar-refractivity contribution in [1.82, 2.24) is 25.5 Å². The summed E-state index contributed by atoms with van der Waals surface area (Å²) >= 11 is 0. The number of aromatic nitrogens is 4. The first-order valence-electron chi connectivity index (χ1n) is 8.35. The maximum absolute atomic E-state index is 14.3. The third kappa shape index (κ3) is 3.44. The predicted molar refractivity (Wildman–Crippen MR) is 86.7 cm³/mol. The molecule has 0 bridgehead atoms. The highest BCUT2D eigenvalue weighted by Gasteiger charge is 2.37. The Labute approximate surface area is 140 Å². The van der Waals surface area contributed by atoms with Crippen molar-refractivity contribution in [1.29, 1.82) is 0 Å². The summed E-state index contributed by atoms with van der Waals surface area (Å²) in [6.45, 7) is 2.71. The molecule has 0 unspecified atom stereocenters. The van der Waals surface area contributed by atoms with Crippen molar-refractivity contribution in [3.05, 3.63) is 41.5 Å². The average molecular weight is 331 g/mol. The number of carbonyl (C=O) groups excluding carboxylic acids is 1. The predicted octanol–water partition coefficient (Wildman–Crippen LogP) is 2.14. The van der Waals surface area contributed by atoms with Crippen molar-refractivity contribution in [2.75, 3.05) is 6.54 Å². The van der Waals surface area contributed by atoms with Gasteiger partial charge in [0.05, 0.1) is 6.54 Å². The van der Waals surface area contributed by atoms with E-state index in [2.05, 4.69) is 20.8 Å². The van der Waals surface area contributed by atoms with E-state index in [0.29, 0.717) is 25.3 Å². The third-order valence-corrected chi connectivity index (χ3v) is 4.89. The van der Waals surface area contributed by atoms with Crippen LogP contribution in [0.25, 0.3) is 0 Å². The number of nitrogens with one attached hydrogen (secondary N) is 1. The van der Waals surface area contributed by atoms with E-state index in [0.717, 1.165) is 31.2 Å². The van der Waals surface area contributed by atoms with Crippen molar-refractivity contribution in [3.63, 3.8) is 0 Å². The molecular weight excluding hydrogens is 309 g/mol. The molecule has 0 aliphatic heterocycles. The van der Waals surface area contributed by atoms with E-state index in [1.165, 1.54) is 6.07 Å². The molecule has 0 atom stereocenters. The zero-order valence-electron chi connectivity index (χ0n) is 13.8. The largest absolute Gasteiger partial charge is 0.355 e. The Morgan fingerprint density at radius 1 is 1.33 bits per heavy atom. The van der Waals surface area contributed by atoms with E-state index in [9.17, 15) is 9.18 Å². The molecule has 1 aliphatic carbocycles. The molecule has 128 valence electrons. The van der Waals surface area contributed by atoms with Gasteiger partial charge >= 0.3 is 0 Å². The molecule has 24 heavy (non-hydrogen) atoms. The third-order valence-electron chi connectivity index (χ3n) is 4.89. The number of aryl methyl sites for hydroxylation is 2. The number of nitrogens with zero attached hydrogens (tertiary/aromatic N) is 4. The molecule has 3 rings (SSSR count). The molecule has 1 fully saturated rings. The van der Waals surface area contributed by atoms with Crippen molar-refractivity contribution in [2.24, 2.45) is 0 Å². The standard InChI is InChI=1S/C17H22FN5O/c1-13-20-21-22-23(13)11-8-16(24)19-12-17(9-4-5-10-17)14-6-2-3-7-15(14)18/h2-3,6-7H,4-5,8-12H2,1H3,(H,19,24). The van der Waals surface area contributed by atoms with E-state index in [1.807, 2.05) is 12.1 Å². The van der Waals surface area contributed by atoms with Gasteiger partial charge in [-0.25, -0.2) is 9.07 Å². The van der Waals surface area contributed by atoms with E-state index in [-0.39, 0.29) is 17.1 Å². The van der Waals surface area contributed by atoms with E-state index in [4.69, 9.17) is 0 Å². The number of rotatable bonds is 6. The van der Waals surface area contributed by atoms with Crippen LogP contribution in [0.2, 0.25) is 0 Å². The van der Waals surface area contributed by atoms with Gasteiger partial charge in [0.1, 0.15) is 11.6 Å². The van der Waals surface area contributed by atoms with Crippen LogP contribution in [0.4, 0.5) is 4.39 Å². The van der Waals surface area contributed by atoms with Crippen molar-refractivity contribution < 1.29 is 9.18 Å². The van der Waals surface area contributed by atoms with Crippen molar-refractivity contribution in [2.45, 2.75) is 51.0 Å². The lowest BCUT2D eigenvalue weighted by Gasteiger charge is -2.30. The van der Waals surface area contributed by atoms with Crippen LogP contribution in [0.3, 0.4) is 0 Å². The van der Waals surface area contributed by atoms with Crippen LogP contribution in [0.1, 0.15) is 43.5 Å². The normalized spacial score (nSPS) is 16.2. The lowest BCUT2D eigenvalue weighted by molar-refractivity contribution is -0.121. The Morgan fingerprint density at radius 2 is 2.08 bits per heavy atom. The minimum atomic E-state index is -0.286. The fourth-order valence-electron chi connectivity index (χ4n) is 3.50.